The van der Waals surface area contributed by atoms with E-state index in [0.29, 0.717) is 0 Å². The van der Waals surface area contributed by atoms with Crippen LogP contribution >= 0.6 is 0 Å². The molecular weight excluding hydrogens is 321 g/mol. The van der Waals surface area contributed by atoms with Crippen LogP contribution in [0.5, 0.6) is 0 Å². The summed E-state index contributed by atoms with van der Waals surface area (Å²) in [5.41, 5.74) is 0. The number of nitrogens with two attached hydrogens (primary N) is 1. The summed E-state index contributed by atoms with van der Waals surface area (Å²) < 4.78 is 60.6. The summed E-state index contributed by atoms with van der Waals surface area (Å²) in [6.45, 7) is 1.35. The van der Waals surface area contributed by atoms with Gasteiger partial charge in [0.25, 0.3) is 0 Å². The van der Waals surface area contributed by atoms with Crippen molar-refractivity contribution in [3.63, 3.8) is 0 Å². The molecule has 1 fully saturated rings. The first kappa shape index (κ1) is 17.0. The third kappa shape index (κ3) is 4.08. The number of halogens is 3. The Morgan fingerprint density at radius 1 is 1.41 bits per heavy atom. The number of hydrogen-bond donors (Lipinski definition) is 1. The fourth-order valence-corrected chi connectivity index (χ4v) is 3.20. The molecule has 0 aromatic carbocycles. The molecular formula is C12H17F3N4O2S. The van der Waals surface area contributed by atoms with Crippen molar-refractivity contribution in [2.24, 2.45) is 5.14 Å². The van der Waals surface area contributed by atoms with Crippen LogP contribution in [0, 0.1) is 0 Å². The van der Waals surface area contributed by atoms with Crippen LogP contribution < -0.4 is 10.0 Å². The van der Waals surface area contributed by atoms with Crippen molar-refractivity contribution in [3.05, 3.63) is 18.3 Å². The molecule has 6 nitrogen and oxygen atoms in total. The molecule has 22 heavy (non-hydrogen) atoms. The molecule has 1 aromatic heterocycles. The summed E-state index contributed by atoms with van der Waals surface area (Å²) in [7, 11) is -3.94. The molecule has 1 unspecified atom stereocenters. The Morgan fingerprint density at radius 3 is 2.64 bits per heavy atom. The van der Waals surface area contributed by atoms with E-state index >= 15 is 0 Å². The van der Waals surface area contributed by atoms with Crippen LogP contribution in [0.25, 0.3) is 0 Å². The lowest BCUT2D eigenvalue weighted by Crippen LogP contribution is -2.54. The predicted molar refractivity (Wildman–Crippen MR) is 74.9 cm³/mol. The van der Waals surface area contributed by atoms with E-state index in [2.05, 4.69) is 4.98 Å². The molecule has 2 rings (SSSR count). The lowest BCUT2D eigenvalue weighted by atomic mass is 10.2. The number of rotatable bonds is 3. The molecule has 124 valence electrons. The van der Waals surface area contributed by atoms with E-state index in [1.807, 2.05) is 0 Å². The van der Waals surface area contributed by atoms with Crippen LogP contribution in [0.1, 0.15) is 6.92 Å². The number of primary sulfonamides is 1. The summed E-state index contributed by atoms with van der Waals surface area (Å²) in [5.74, 6) is 0.184. The van der Waals surface area contributed by atoms with Crippen molar-refractivity contribution in [1.82, 2.24) is 9.88 Å². The van der Waals surface area contributed by atoms with Crippen LogP contribution in [0.3, 0.4) is 0 Å². The number of alkyl halides is 3. The van der Waals surface area contributed by atoms with Gasteiger partial charge in [0.2, 0.25) is 10.0 Å². The summed E-state index contributed by atoms with van der Waals surface area (Å²) >= 11 is 0. The Balaban J connectivity index is 2.18. The molecule has 2 heterocycles. The molecule has 10 heteroatoms. The second-order valence-electron chi connectivity index (χ2n) is 5.25. The van der Waals surface area contributed by atoms with Gasteiger partial charge in [-0.2, -0.15) is 13.2 Å². The van der Waals surface area contributed by atoms with Gasteiger partial charge in [-0.3, -0.25) is 4.90 Å². The van der Waals surface area contributed by atoms with Gasteiger partial charge in [-0.05, 0) is 19.1 Å². The van der Waals surface area contributed by atoms with E-state index in [4.69, 9.17) is 5.14 Å². The lowest BCUT2D eigenvalue weighted by molar-refractivity contribution is -0.150. The van der Waals surface area contributed by atoms with Crippen molar-refractivity contribution in [2.45, 2.75) is 24.0 Å². The van der Waals surface area contributed by atoms with Crippen LogP contribution in [0.15, 0.2) is 23.2 Å². The van der Waals surface area contributed by atoms with Crippen molar-refractivity contribution in [1.29, 1.82) is 0 Å². The first-order valence-electron chi connectivity index (χ1n) is 6.61. The van der Waals surface area contributed by atoms with E-state index in [1.54, 1.807) is 11.8 Å². The summed E-state index contributed by atoms with van der Waals surface area (Å²) in [6.07, 6.45) is -2.83. The van der Waals surface area contributed by atoms with E-state index in [-0.39, 0.29) is 36.4 Å². The monoisotopic (exact) mass is 338 g/mol. The van der Waals surface area contributed by atoms with Crippen LogP contribution in [-0.4, -0.2) is 56.7 Å². The Morgan fingerprint density at radius 2 is 2.09 bits per heavy atom. The summed E-state index contributed by atoms with van der Waals surface area (Å²) in [4.78, 5) is 6.88. The molecule has 1 aliphatic rings. The molecule has 0 saturated carbocycles. The molecule has 2 N–H and O–H groups in total. The fraction of sp³-hybridized carbons (Fsp3) is 0.583. The number of pyridine rings is 1. The van der Waals surface area contributed by atoms with Gasteiger partial charge in [0.1, 0.15) is 10.7 Å². The fourth-order valence-electron chi connectivity index (χ4n) is 2.49. The second-order valence-corrected chi connectivity index (χ2v) is 6.78. The van der Waals surface area contributed by atoms with Crippen molar-refractivity contribution in [3.8, 4) is 0 Å². The Hall–Kier alpha value is -1.39. The molecule has 1 aliphatic heterocycles. The number of piperazine rings is 1. The highest BCUT2D eigenvalue weighted by Gasteiger charge is 2.36. The molecule has 1 atom stereocenters. The number of anilines is 1. The lowest BCUT2D eigenvalue weighted by Gasteiger charge is -2.40. The smallest absolute Gasteiger partial charge is 0.353 e. The highest BCUT2D eigenvalue weighted by Crippen LogP contribution is 2.25. The van der Waals surface area contributed by atoms with E-state index in [0.717, 1.165) is 0 Å². The van der Waals surface area contributed by atoms with Crippen LogP contribution in [0.4, 0.5) is 19.0 Å². The number of sulfonamides is 1. The zero-order chi connectivity index (χ0) is 16.5. The summed E-state index contributed by atoms with van der Waals surface area (Å²) in [5, 5.41) is 5.16. The average Bonchev–Trinajstić information content (AvgIpc) is 2.39. The van der Waals surface area contributed by atoms with Gasteiger partial charge in [0.15, 0.2) is 0 Å². The van der Waals surface area contributed by atoms with E-state index in [9.17, 15) is 21.6 Å². The summed E-state index contributed by atoms with van der Waals surface area (Å²) in [6, 6.07) is 2.41. The number of hydrogen-bond acceptors (Lipinski definition) is 5. The zero-order valence-corrected chi connectivity index (χ0v) is 12.7. The van der Waals surface area contributed by atoms with Gasteiger partial charge in [-0.25, -0.2) is 18.5 Å². The minimum atomic E-state index is -4.26. The predicted octanol–water partition coefficient (Wildman–Crippen LogP) is 0.802. The minimum absolute atomic E-state index is 0.119. The van der Waals surface area contributed by atoms with E-state index < -0.39 is 22.7 Å². The first-order chi connectivity index (χ1) is 10.1. The molecule has 0 radical (unpaired) electrons. The van der Waals surface area contributed by atoms with Gasteiger partial charge < -0.3 is 4.90 Å². The van der Waals surface area contributed by atoms with Crippen molar-refractivity contribution in [2.75, 3.05) is 31.1 Å². The molecule has 0 aliphatic carbocycles. The molecule has 1 saturated heterocycles. The molecule has 0 amide bonds. The van der Waals surface area contributed by atoms with E-state index in [1.165, 1.54) is 23.2 Å². The zero-order valence-electron chi connectivity index (χ0n) is 11.9. The Bertz CT molecular complexity index is 636. The highest BCUT2D eigenvalue weighted by atomic mass is 32.2. The topological polar surface area (TPSA) is 79.5 Å². The normalized spacial score (nSPS) is 21.1. The number of nitrogens with zero attached hydrogens (tertiary/aromatic N) is 3. The van der Waals surface area contributed by atoms with Gasteiger partial charge >= 0.3 is 6.18 Å². The first-order valence-corrected chi connectivity index (χ1v) is 8.16. The maximum atomic E-state index is 12.5. The van der Waals surface area contributed by atoms with Gasteiger partial charge in [0.05, 0.1) is 6.54 Å². The minimum Gasteiger partial charge on any atom is -0.353 e. The maximum Gasteiger partial charge on any atom is 0.401 e. The largest absolute Gasteiger partial charge is 0.401 e. The molecule has 1 aromatic rings. The van der Waals surface area contributed by atoms with Gasteiger partial charge in [-0.15, -0.1) is 0 Å². The second kappa shape index (κ2) is 6.01. The molecule has 0 bridgehead atoms. The van der Waals surface area contributed by atoms with Gasteiger partial charge in [0, 0.05) is 31.9 Å². The Labute approximate surface area is 126 Å². The Kier molecular flexibility index (Phi) is 4.64. The van der Waals surface area contributed by atoms with Gasteiger partial charge in [-0.1, -0.05) is 0 Å². The maximum absolute atomic E-state index is 12.5. The van der Waals surface area contributed by atoms with Crippen LogP contribution in [-0.2, 0) is 10.0 Å². The quantitative estimate of drug-likeness (QED) is 0.882. The van der Waals surface area contributed by atoms with Crippen molar-refractivity contribution < 1.29 is 21.6 Å². The standard InChI is InChI=1S/C12H17F3N4O2S/c1-9-7-18(5-6-19(9)8-12(13,14)15)11-10(22(16,20)21)3-2-4-17-11/h2-4,9H,5-8H2,1H3,(H2,16,20,21). The number of aromatic nitrogens is 1. The average molecular weight is 338 g/mol. The highest BCUT2D eigenvalue weighted by molar-refractivity contribution is 7.89. The third-order valence-corrected chi connectivity index (χ3v) is 4.44. The van der Waals surface area contributed by atoms with Crippen LogP contribution in [0.2, 0.25) is 0 Å². The third-order valence-electron chi connectivity index (χ3n) is 3.50. The SMILES string of the molecule is CC1CN(c2ncccc2S(N)(=O)=O)CCN1CC(F)(F)F. The van der Waals surface area contributed by atoms with Crippen molar-refractivity contribution >= 4 is 15.8 Å². The molecule has 0 spiro atoms.